The molecule has 1 aromatic heterocycles. The van der Waals surface area contributed by atoms with Gasteiger partial charge in [-0.3, -0.25) is 5.01 Å². The van der Waals surface area contributed by atoms with E-state index in [9.17, 15) is 0 Å². The number of nitrogens with zero attached hydrogens (tertiary/aromatic N) is 3. The molecule has 0 saturated carbocycles. The highest BCUT2D eigenvalue weighted by Crippen LogP contribution is 2.36. The quantitative estimate of drug-likeness (QED) is 0.599. The number of hydrazone groups is 1. The summed E-state index contributed by atoms with van der Waals surface area (Å²) >= 11 is 0. The third kappa shape index (κ3) is 3.19. The summed E-state index contributed by atoms with van der Waals surface area (Å²) in [5.74, 6) is 0.905. The Bertz CT molecular complexity index is 987. The molecule has 1 aliphatic rings. The molecule has 2 aromatic carbocycles. The zero-order valence-corrected chi connectivity index (χ0v) is 17.0. The van der Waals surface area contributed by atoms with Gasteiger partial charge in [-0.2, -0.15) is 5.10 Å². The Morgan fingerprint density at radius 2 is 1.68 bits per heavy atom. The van der Waals surface area contributed by atoms with Gasteiger partial charge in [-0.15, -0.1) is 0 Å². The van der Waals surface area contributed by atoms with E-state index in [4.69, 9.17) is 9.84 Å². The zero-order chi connectivity index (χ0) is 19.7. The van der Waals surface area contributed by atoms with Crippen LogP contribution in [0.2, 0.25) is 0 Å². The molecule has 4 rings (SSSR count). The third-order valence-electron chi connectivity index (χ3n) is 5.53. The van der Waals surface area contributed by atoms with Gasteiger partial charge in [0.25, 0.3) is 0 Å². The second-order valence-corrected chi connectivity index (χ2v) is 7.26. The first-order valence-electron chi connectivity index (χ1n) is 9.89. The summed E-state index contributed by atoms with van der Waals surface area (Å²) in [7, 11) is 0. The molecule has 3 aromatic rings. The van der Waals surface area contributed by atoms with E-state index in [1.165, 1.54) is 28.1 Å². The van der Waals surface area contributed by atoms with Crippen molar-refractivity contribution >= 4 is 6.21 Å². The number of ether oxygens (including phenoxy) is 1. The molecule has 0 radical (unpaired) electrons. The SMILES string of the molecule is CCOc1ccc(-n2c(C)c3c(c2C)C(C)N(Cc2ccccc2)N=C3)cc1. The minimum Gasteiger partial charge on any atom is -0.494 e. The van der Waals surface area contributed by atoms with Crippen LogP contribution < -0.4 is 4.74 Å². The lowest BCUT2D eigenvalue weighted by Gasteiger charge is -2.30. The van der Waals surface area contributed by atoms with Crippen molar-refractivity contribution < 1.29 is 4.74 Å². The van der Waals surface area contributed by atoms with Gasteiger partial charge in [0.1, 0.15) is 5.75 Å². The summed E-state index contributed by atoms with van der Waals surface area (Å²) in [5.41, 5.74) is 7.53. The molecule has 1 atom stereocenters. The lowest BCUT2D eigenvalue weighted by molar-refractivity contribution is 0.208. The lowest BCUT2D eigenvalue weighted by atomic mass is 10.0. The molecule has 0 spiro atoms. The van der Waals surface area contributed by atoms with Crippen molar-refractivity contribution in [3.05, 3.63) is 82.7 Å². The molecular formula is C24H27N3O. The number of benzene rings is 2. The van der Waals surface area contributed by atoms with Gasteiger partial charge >= 0.3 is 0 Å². The molecule has 0 bridgehead atoms. The standard InChI is InChI=1S/C24H27N3O/c1-5-28-22-13-11-21(12-14-22)27-17(2)23-15-25-26(18(3)24(23)19(27)4)16-20-9-7-6-8-10-20/h6-15,18H,5,16H2,1-4H3. The second-order valence-electron chi connectivity index (χ2n) is 7.26. The summed E-state index contributed by atoms with van der Waals surface area (Å²) in [4.78, 5) is 0. The Morgan fingerprint density at radius 3 is 2.36 bits per heavy atom. The van der Waals surface area contributed by atoms with Crippen LogP contribution in [0.3, 0.4) is 0 Å². The molecule has 0 N–H and O–H groups in total. The van der Waals surface area contributed by atoms with E-state index in [0.717, 1.165) is 18.0 Å². The Hall–Kier alpha value is -3.01. The zero-order valence-electron chi connectivity index (χ0n) is 17.0. The molecule has 0 amide bonds. The average molecular weight is 374 g/mol. The molecule has 4 heteroatoms. The third-order valence-corrected chi connectivity index (χ3v) is 5.53. The van der Waals surface area contributed by atoms with Crippen LogP contribution in [0, 0.1) is 13.8 Å². The molecule has 28 heavy (non-hydrogen) atoms. The van der Waals surface area contributed by atoms with Crippen molar-refractivity contribution in [1.82, 2.24) is 9.58 Å². The minimum absolute atomic E-state index is 0.225. The molecule has 1 aliphatic heterocycles. The van der Waals surface area contributed by atoms with E-state index in [1.807, 2.05) is 25.3 Å². The highest BCUT2D eigenvalue weighted by molar-refractivity contribution is 5.86. The molecular weight excluding hydrogens is 346 g/mol. The van der Waals surface area contributed by atoms with E-state index >= 15 is 0 Å². The molecule has 1 unspecified atom stereocenters. The van der Waals surface area contributed by atoms with Crippen LogP contribution in [0.4, 0.5) is 0 Å². The van der Waals surface area contributed by atoms with E-state index in [1.54, 1.807) is 0 Å². The largest absolute Gasteiger partial charge is 0.494 e. The Morgan fingerprint density at radius 1 is 0.964 bits per heavy atom. The van der Waals surface area contributed by atoms with Crippen LogP contribution >= 0.6 is 0 Å². The van der Waals surface area contributed by atoms with Crippen molar-refractivity contribution in [3.8, 4) is 11.4 Å². The van der Waals surface area contributed by atoms with Gasteiger partial charge in [0.05, 0.1) is 25.4 Å². The molecule has 0 saturated heterocycles. The fourth-order valence-corrected chi connectivity index (χ4v) is 4.15. The van der Waals surface area contributed by atoms with Crippen LogP contribution in [0.5, 0.6) is 5.75 Å². The van der Waals surface area contributed by atoms with E-state index < -0.39 is 0 Å². The van der Waals surface area contributed by atoms with E-state index in [0.29, 0.717) is 6.61 Å². The predicted molar refractivity (Wildman–Crippen MR) is 114 cm³/mol. The maximum Gasteiger partial charge on any atom is 0.119 e. The van der Waals surface area contributed by atoms with Gasteiger partial charge in [-0.05, 0) is 57.5 Å². The number of hydrogen-bond acceptors (Lipinski definition) is 3. The van der Waals surface area contributed by atoms with Gasteiger partial charge in [-0.25, -0.2) is 0 Å². The first-order valence-corrected chi connectivity index (χ1v) is 9.89. The lowest BCUT2D eigenvalue weighted by Crippen LogP contribution is -2.25. The van der Waals surface area contributed by atoms with E-state index in [-0.39, 0.29) is 6.04 Å². The fourth-order valence-electron chi connectivity index (χ4n) is 4.15. The minimum atomic E-state index is 0.225. The highest BCUT2D eigenvalue weighted by Gasteiger charge is 2.28. The van der Waals surface area contributed by atoms with Crippen LogP contribution in [-0.2, 0) is 6.54 Å². The topological polar surface area (TPSA) is 29.8 Å². The normalized spacial score (nSPS) is 15.6. The van der Waals surface area contributed by atoms with Crippen LogP contribution in [0.1, 0.15) is 48.0 Å². The van der Waals surface area contributed by atoms with Crippen molar-refractivity contribution in [2.75, 3.05) is 6.61 Å². The number of hydrogen-bond donors (Lipinski definition) is 0. The van der Waals surface area contributed by atoms with Crippen molar-refractivity contribution in [1.29, 1.82) is 0 Å². The van der Waals surface area contributed by atoms with E-state index in [2.05, 4.69) is 72.8 Å². The molecule has 144 valence electrons. The molecule has 0 fully saturated rings. The van der Waals surface area contributed by atoms with Crippen molar-refractivity contribution in [3.63, 3.8) is 0 Å². The Labute approximate surface area is 167 Å². The smallest absolute Gasteiger partial charge is 0.119 e. The molecule has 4 nitrogen and oxygen atoms in total. The number of aromatic nitrogens is 1. The summed E-state index contributed by atoms with van der Waals surface area (Å²) in [6.07, 6.45) is 2.02. The number of fused-ring (bicyclic) bond motifs is 1. The highest BCUT2D eigenvalue weighted by atomic mass is 16.5. The first-order chi connectivity index (χ1) is 13.6. The van der Waals surface area contributed by atoms with Gasteiger partial charge in [0.15, 0.2) is 0 Å². The van der Waals surface area contributed by atoms with Crippen molar-refractivity contribution in [2.45, 2.75) is 40.3 Å². The summed E-state index contributed by atoms with van der Waals surface area (Å²) in [6, 6.07) is 19.1. The monoisotopic (exact) mass is 373 g/mol. The fraction of sp³-hybridized carbons (Fsp3) is 0.292. The summed E-state index contributed by atoms with van der Waals surface area (Å²) in [6.45, 7) is 10.1. The Kier molecular flexibility index (Phi) is 4.95. The summed E-state index contributed by atoms with van der Waals surface area (Å²) in [5, 5.41) is 6.94. The second kappa shape index (κ2) is 7.55. The summed E-state index contributed by atoms with van der Waals surface area (Å²) < 4.78 is 7.92. The predicted octanol–water partition coefficient (Wildman–Crippen LogP) is 5.40. The average Bonchev–Trinajstić information content (AvgIpc) is 2.97. The van der Waals surface area contributed by atoms with Gasteiger partial charge in [-0.1, -0.05) is 30.3 Å². The van der Waals surface area contributed by atoms with Crippen LogP contribution in [-0.4, -0.2) is 22.4 Å². The molecule has 0 aliphatic carbocycles. The van der Waals surface area contributed by atoms with Crippen LogP contribution in [0.25, 0.3) is 5.69 Å². The van der Waals surface area contributed by atoms with Gasteiger partial charge < -0.3 is 9.30 Å². The maximum atomic E-state index is 5.59. The van der Waals surface area contributed by atoms with Gasteiger partial charge in [0, 0.05) is 28.2 Å². The maximum absolute atomic E-state index is 5.59. The van der Waals surface area contributed by atoms with Crippen LogP contribution in [0.15, 0.2) is 59.7 Å². The molecule has 2 heterocycles. The van der Waals surface area contributed by atoms with Crippen molar-refractivity contribution in [2.24, 2.45) is 5.10 Å². The first kappa shape index (κ1) is 18.4. The van der Waals surface area contributed by atoms with Gasteiger partial charge in [0.2, 0.25) is 0 Å². The number of rotatable bonds is 5. The Balaban J connectivity index is 1.68.